The summed E-state index contributed by atoms with van der Waals surface area (Å²) in [6.07, 6.45) is 2.84. The lowest BCUT2D eigenvalue weighted by Gasteiger charge is -2.33. The van der Waals surface area contributed by atoms with E-state index in [2.05, 4.69) is 39.9 Å². The van der Waals surface area contributed by atoms with Crippen LogP contribution in [0, 0.1) is 11.3 Å². The maximum absolute atomic E-state index is 12.4. The summed E-state index contributed by atoms with van der Waals surface area (Å²) < 4.78 is 26.6. The molecule has 1 saturated heterocycles. The lowest BCUT2D eigenvalue weighted by Crippen LogP contribution is -2.44. The number of nitrogens with zero attached hydrogens (tertiary/aromatic N) is 1. The third kappa shape index (κ3) is 6.55. The molecule has 0 amide bonds. The molecule has 20 heavy (non-hydrogen) atoms. The molecule has 0 aromatic carbocycles. The zero-order valence-corrected chi connectivity index (χ0v) is 14.6. The van der Waals surface area contributed by atoms with E-state index in [1.807, 2.05) is 0 Å². The minimum absolute atomic E-state index is 0.0709. The zero-order valence-electron chi connectivity index (χ0n) is 13.8. The van der Waals surface area contributed by atoms with Gasteiger partial charge in [-0.05, 0) is 37.1 Å². The summed E-state index contributed by atoms with van der Waals surface area (Å²) in [5.41, 5.74) is 0.0709. The molecule has 1 unspecified atom stereocenters. The zero-order chi connectivity index (χ0) is 15.4. The molecule has 0 spiro atoms. The summed E-state index contributed by atoms with van der Waals surface area (Å²) in [5.74, 6) is 0.733. The molecular weight excluding hydrogens is 272 g/mol. The normalized spacial score (nSPS) is 22.4. The summed E-state index contributed by atoms with van der Waals surface area (Å²) in [7, 11) is -3.08. The molecule has 0 aromatic rings. The van der Waals surface area contributed by atoms with E-state index in [4.69, 9.17) is 0 Å². The van der Waals surface area contributed by atoms with Crippen LogP contribution in [0.3, 0.4) is 0 Å². The molecule has 0 aromatic heterocycles. The van der Waals surface area contributed by atoms with Crippen molar-refractivity contribution < 1.29 is 8.42 Å². The Kier molecular flexibility index (Phi) is 6.48. The van der Waals surface area contributed by atoms with Crippen LogP contribution < -0.4 is 5.32 Å². The Morgan fingerprint density at radius 3 is 2.50 bits per heavy atom. The fraction of sp³-hybridized carbons (Fsp3) is 1.00. The smallest absolute Gasteiger partial charge is 0.214 e. The van der Waals surface area contributed by atoms with Crippen LogP contribution in [-0.4, -0.2) is 44.2 Å². The Hall–Kier alpha value is -0.130. The van der Waals surface area contributed by atoms with E-state index in [1.165, 1.54) is 0 Å². The average Bonchev–Trinajstić information content (AvgIpc) is 2.34. The van der Waals surface area contributed by atoms with Crippen LogP contribution in [0.15, 0.2) is 0 Å². The van der Waals surface area contributed by atoms with Gasteiger partial charge in [0, 0.05) is 19.1 Å². The van der Waals surface area contributed by atoms with Crippen LogP contribution >= 0.6 is 0 Å². The van der Waals surface area contributed by atoms with Gasteiger partial charge in [0.05, 0.1) is 5.75 Å². The predicted octanol–water partition coefficient (Wildman–Crippen LogP) is 2.46. The van der Waals surface area contributed by atoms with Crippen LogP contribution in [0.2, 0.25) is 0 Å². The van der Waals surface area contributed by atoms with Crippen molar-refractivity contribution in [2.24, 2.45) is 11.3 Å². The maximum atomic E-state index is 12.4. The molecule has 0 bridgehead atoms. The van der Waals surface area contributed by atoms with Gasteiger partial charge < -0.3 is 5.32 Å². The van der Waals surface area contributed by atoms with Gasteiger partial charge in [0.2, 0.25) is 10.0 Å². The van der Waals surface area contributed by atoms with E-state index in [1.54, 1.807) is 4.31 Å². The molecule has 1 aliphatic heterocycles. The number of sulfonamides is 1. The summed E-state index contributed by atoms with van der Waals surface area (Å²) in [4.78, 5) is 0. The summed E-state index contributed by atoms with van der Waals surface area (Å²) in [6.45, 7) is 12.8. The quantitative estimate of drug-likeness (QED) is 0.820. The van der Waals surface area contributed by atoms with Crippen LogP contribution in [-0.2, 0) is 10.0 Å². The Balaban J connectivity index is 2.52. The van der Waals surface area contributed by atoms with E-state index in [0.29, 0.717) is 25.0 Å². The first-order chi connectivity index (χ1) is 9.10. The van der Waals surface area contributed by atoms with Crippen LogP contribution in [0.1, 0.15) is 53.9 Å². The molecule has 0 aliphatic carbocycles. The highest BCUT2D eigenvalue weighted by Gasteiger charge is 2.29. The Labute approximate surface area is 125 Å². The van der Waals surface area contributed by atoms with E-state index >= 15 is 0 Å². The van der Waals surface area contributed by atoms with Gasteiger partial charge in [-0.2, -0.15) is 0 Å². The number of hydrogen-bond acceptors (Lipinski definition) is 3. The van der Waals surface area contributed by atoms with Crippen molar-refractivity contribution in [2.75, 3.05) is 25.4 Å². The van der Waals surface area contributed by atoms with Gasteiger partial charge in [-0.25, -0.2) is 12.7 Å². The highest BCUT2D eigenvalue weighted by atomic mass is 32.2. The van der Waals surface area contributed by atoms with Crippen molar-refractivity contribution in [3.8, 4) is 0 Å². The second-order valence-corrected chi connectivity index (χ2v) is 9.64. The van der Waals surface area contributed by atoms with E-state index < -0.39 is 10.0 Å². The SMILES string of the molecule is CC(C)NCC1CCCN(S(=O)(=O)CCC(C)(C)C)C1. The highest BCUT2D eigenvalue weighted by Crippen LogP contribution is 2.23. The lowest BCUT2D eigenvalue weighted by atomic mass is 9.94. The molecule has 1 atom stereocenters. The van der Waals surface area contributed by atoms with Gasteiger partial charge in [-0.1, -0.05) is 34.6 Å². The summed E-state index contributed by atoms with van der Waals surface area (Å²) in [6, 6.07) is 0.461. The van der Waals surface area contributed by atoms with Gasteiger partial charge in [0.25, 0.3) is 0 Å². The van der Waals surface area contributed by atoms with Crippen LogP contribution in [0.25, 0.3) is 0 Å². The van der Waals surface area contributed by atoms with Crippen LogP contribution in [0.5, 0.6) is 0 Å². The minimum Gasteiger partial charge on any atom is -0.314 e. The third-order valence-electron chi connectivity index (χ3n) is 3.80. The summed E-state index contributed by atoms with van der Waals surface area (Å²) >= 11 is 0. The molecule has 4 nitrogen and oxygen atoms in total. The Morgan fingerprint density at radius 2 is 1.95 bits per heavy atom. The monoisotopic (exact) mass is 304 g/mol. The minimum atomic E-state index is -3.08. The fourth-order valence-corrected chi connectivity index (χ4v) is 4.39. The van der Waals surface area contributed by atoms with Gasteiger partial charge in [0.1, 0.15) is 0 Å². The molecular formula is C15H32N2O2S. The largest absolute Gasteiger partial charge is 0.314 e. The standard InChI is InChI=1S/C15H32N2O2S/c1-13(2)16-11-14-7-6-9-17(12-14)20(18,19)10-8-15(3,4)5/h13-14,16H,6-12H2,1-5H3. The predicted molar refractivity (Wildman–Crippen MR) is 85.3 cm³/mol. The van der Waals surface area contributed by atoms with Crippen molar-refractivity contribution in [3.05, 3.63) is 0 Å². The second-order valence-electron chi connectivity index (χ2n) is 7.56. The number of piperidine rings is 1. The Morgan fingerprint density at radius 1 is 1.30 bits per heavy atom. The van der Waals surface area contributed by atoms with Gasteiger partial charge in [-0.15, -0.1) is 0 Å². The van der Waals surface area contributed by atoms with Crippen molar-refractivity contribution in [1.29, 1.82) is 0 Å². The van der Waals surface area contributed by atoms with Crippen molar-refractivity contribution in [2.45, 2.75) is 59.9 Å². The first kappa shape index (κ1) is 17.9. The molecule has 120 valence electrons. The Bertz CT molecular complexity index is 385. The molecule has 1 heterocycles. The molecule has 0 saturated carbocycles. The molecule has 5 heteroatoms. The van der Waals surface area contributed by atoms with Gasteiger partial charge in [0.15, 0.2) is 0 Å². The highest BCUT2D eigenvalue weighted by molar-refractivity contribution is 7.89. The maximum Gasteiger partial charge on any atom is 0.214 e. The van der Waals surface area contributed by atoms with Gasteiger partial charge >= 0.3 is 0 Å². The summed E-state index contributed by atoms with van der Waals surface area (Å²) in [5, 5.41) is 3.42. The lowest BCUT2D eigenvalue weighted by molar-refractivity contribution is 0.255. The molecule has 1 rings (SSSR count). The van der Waals surface area contributed by atoms with Crippen molar-refractivity contribution in [3.63, 3.8) is 0 Å². The van der Waals surface area contributed by atoms with Gasteiger partial charge in [-0.3, -0.25) is 0 Å². The first-order valence-corrected chi connectivity index (χ1v) is 9.42. The average molecular weight is 305 g/mol. The molecule has 1 N–H and O–H groups in total. The van der Waals surface area contributed by atoms with E-state index in [-0.39, 0.29) is 11.2 Å². The number of hydrogen-bond donors (Lipinski definition) is 1. The number of rotatable bonds is 6. The van der Waals surface area contributed by atoms with E-state index in [9.17, 15) is 8.42 Å². The molecule has 0 radical (unpaired) electrons. The molecule has 1 fully saturated rings. The van der Waals surface area contributed by atoms with Crippen molar-refractivity contribution in [1.82, 2.24) is 9.62 Å². The number of nitrogens with one attached hydrogen (secondary N) is 1. The topological polar surface area (TPSA) is 49.4 Å². The van der Waals surface area contributed by atoms with Crippen molar-refractivity contribution >= 4 is 10.0 Å². The third-order valence-corrected chi connectivity index (χ3v) is 5.64. The second kappa shape index (κ2) is 7.23. The van der Waals surface area contributed by atoms with Crippen LogP contribution in [0.4, 0.5) is 0 Å². The fourth-order valence-electron chi connectivity index (χ4n) is 2.41. The molecule has 1 aliphatic rings. The van der Waals surface area contributed by atoms with E-state index in [0.717, 1.165) is 25.8 Å². The first-order valence-electron chi connectivity index (χ1n) is 7.81.